The lowest BCUT2D eigenvalue weighted by molar-refractivity contribution is -0.120. The number of carbonyl (C=O) groups excluding carboxylic acids is 1. The number of aromatic nitrogens is 1. The number of sulfonamides is 1. The van der Waals surface area contributed by atoms with Crippen LogP contribution in [0.1, 0.15) is 13.8 Å². The Morgan fingerprint density at radius 2 is 2.05 bits per heavy atom. The van der Waals surface area contributed by atoms with Crippen molar-refractivity contribution >= 4 is 21.7 Å². The number of carbonyl (C=O) groups is 1. The summed E-state index contributed by atoms with van der Waals surface area (Å²) < 4.78 is 26.0. The molecule has 0 aliphatic carbocycles. The van der Waals surface area contributed by atoms with E-state index in [9.17, 15) is 13.2 Å². The van der Waals surface area contributed by atoms with Crippen molar-refractivity contribution in [3.63, 3.8) is 0 Å². The second-order valence-corrected chi connectivity index (χ2v) is 5.94. The van der Waals surface area contributed by atoms with Crippen molar-refractivity contribution in [2.24, 2.45) is 0 Å². The third-order valence-corrected chi connectivity index (χ3v) is 3.56. The summed E-state index contributed by atoms with van der Waals surface area (Å²) in [6, 6.07) is 2.93. The van der Waals surface area contributed by atoms with E-state index in [2.05, 4.69) is 20.3 Å². The summed E-state index contributed by atoms with van der Waals surface area (Å²) in [6.07, 6.45) is 1.23. The van der Waals surface area contributed by atoms with E-state index in [1.807, 2.05) is 0 Å². The largest absolute Gasteiger partial charge is 0.373 e. The van der Waals surface area contributed by atoms with Gasteiger partial charge in [-0.05, 0) is 26.0 Å². The number of hydrogen-bond donors (Lipinski definition) is 3. The molecule has 1 rings (SSSR count). The van der Waals surface area contributed by atoms with Gasteiger partial charge >= 0.3 is 0 Å². The fraction of sp³-hybridized carbons (Fsp3) is 0.455. The molecule has 0 spiro atoms. The lowest BCUT2D eigenvalue weighted by atomic mass is 10.4. The Hall–Kier alpha value is -1.67. The second kappa shape index (κ2) is 6.48. The number of rotatable bonds is 6. The molecule has 0 bridgehead atoms. The van der Waals surface area contributed by atoms with E-state index in [1.54, 1.807) is 27.0 Å². The molecule has 1 heterocycles. The molecule has 106 valence electrons. The van der Waals surface area contributed by atoms with Crippen molar-refractivity contribution in [2.45, 2.75) is 24.8 Å². The molecule has 0 unspecified atom stereocenters. The van der Waals surface area contributed by atoms with Gasteiger partial charge in [0.25, 0.3) is 0 Å². The minimum Gasteiger partial charge on any atom is -0.373 e. The van der Waals surface area contributed by atoms with Crippen LogP contribution in [-0.4, -0.2) is 38.9 Å². The summed E-state index contributed by atoms with van der Waals surface area (Å²) in [5.41, 5.74) is 0. The van der Waals surface area contributed by atoms with Gasteiger partial charge in [-0.1, -0.05) is 0 Å². The highest BCUT2D eigenvalue weighted by Crippen LogP contribution is 2.09. The summed E-state index contributed by atoms with van der Waals surface area (Å²) in [5, 5.41) is 5.38. The number of amides is 1. The van der Waals surface area contributed by atoms with Gasteiger partial charge in [0, 0.05) is 19.3 Å². The lowest BCUT2D eigenvalue weighted by Crippen LogP contribution is -2.39. The third-order valence-electron chi connectivity index (χ3n) is 2.18. The number of nitrogens with zero attached hydrogens (tertiary/aromatic N) is 1. The fourth-order valence-corrected chi connectivity index (χ4v) is 2.23. The number of nitrogens with one attached hydrogen (secondary N) is 3. The second-order valence-electron chi connectivity index (χ2n) is 4.18. The number of hydrogen-bond acceptors (Lipinski definition) is 5. The Morgan fingerprint density at radius 1 is 1.37 bits per heavy atom. The Balaban J connectivity index is 2.67. The van der Waals surface area contributed by atoms with E-state index >= 15 is 0 Å². The first-order valence-corrected chi connectivity index (χ1v) is 7.26. The Kier molecular flexibility index (Phi) is 5.25. The molecule has 0 atom stereocenters. The molecule has 0 radical (unpaired) electrons. The van der Waals surface area contributed by atoms with Crippen molar-refractivity contribution in [3.05, 3.63) is 18.3 Å². The Bertz CT molecular complexity index is 525. The van der Waals surface area contributed by atoms with Gasteiger partial charge in [0.2, 0.25) is 15.9 Å². The van der Waals surface area contributed by atoms with E-state index in [0.717, 1.165) is 0 Å². The van der Waals surface area contributed by atoms with Gasteiger partial charge in [0.05, 0.1) is 6.54 Å². The molecule has 7 nitrogen and oxygen atoms in total. The van der Waals surface area contributed by atoms with Crippen molar-refractivity contribution < 1.29 is 13.2 Å². The van der Waals surface area contributed by atoms with Crippen LogP contribution in [0.25, 0.3) is 0 Å². The smallest absolute Gasteiger partial charge is 0.242 e. The zero-order chi connectivity index (χ0) is 14.5. The van der Waals surface area contributed by atoms with Gasteiger partial charge in [0.1, 0.15) is 10.7 Å². The highest BCUT2D eigenvalue weighted by atomic mass is 32.2. The molecule has 8 heteroatoms. The molecule has 1 aromatic heterocycles. The van der Waals surface area contributed by atoms with Crippen LogP contribution in [-0.2, 0) is 14.8 Å². The van der Waals surface area contributed by atoms with Crippen LogP contribution in [0.2, 0.25) is 0 Å². The predicted molar refractivity (Wildman–Crippen MR) is 72.3 cm³/mol. The van der Waals surface area contributed by atoms with Crippen LogP contribution in [0.5, 0.6) is 0 Å². The SMILES string of the molecule is CNc1ccc(S(=O)(=O)NCC(=O)NC(C)C)cn1. The maximum atomic E-state index is 11.9. The first-order chi connectivity index (χ1) is 8.85. The quantitative estimate of drug-likeness (QED) is 0.679. The van der Waals surface area contributed by atoms with Crippen molar-refractivity contribution in [3.8, 4) is 0 Å². The van der Waals surface area contributed by atoms with Gasteiger partial charge in [-0.15, -0.1) is 0 Å². The zero-order valence-corrected chi connectivity index (χ0v) is 11.9. The van der Waals surface area contributed by atoms with E-state index in [4.69, 9.17) is 0 Å². The zero-order valence-electron chi connectivity index (χ0n) is 11.1. The third kappa shape index (κ3) is 4.84. The van der Waals surface area contributed by atoms with Crippen LogP contribution in [0.3, 0.4) is 0 Å². The minimum atomic E-state index is -3.72. The van der Waals surface area contributed by atoms with E-state index in [0.29, 0.717) is 5.82 Å². The first kappa shape index (κ1) is 15.4. The molecule has 0 fully saturated rings. The van der Waals surface area contributed by atoms with Crippen LogP contribution in [0.4, 0.5) is 5.82 Å². The molecule has 0 aliphatic rings. The fourth-order valence-electron chi connectivity index (χ4n) is 1.30. The summed E-state index contributed by atoms with van der Waals surface area (Å²) >= 11 is 0. The highest BCUT2D eigenvalue weighted by molar-refractivity contribution is 7.89. The molecule has 0 saturated heterocycles. The Morgan fingerprint density at radius 3 is 2.53 bits per heavy atom. The van der Waals surface area contributed by atoms with Crippen LogP contribution >= 0.6 is 0 Å². The Labute approximate surface area is 112 Å². The van der Waals surface area contributed by atoms with Crippen molar-refractivity contribution in [1.82, 2.24) is 15.0 Å². The molecule has 1 amide bonds. The van der Waals surface area contributed by atoms with E-state index in [1.165, 1.54) is 12.3 Å². The molecule has 1 aromatic rings. The molecular formula is C11H18N4O3S. The van der Waals surface area contributed by atoms with E-state index in [-0.39, 0.29) is 23.4 Å². The van der Waals surface area contributed by atoms with Crippen molar-refractivity contribution in [2.75, 3.05) is 18.9 Å². The van der Waals surface area contributed by atoms with Crippen LogP contribution in [0.15, 0.2) is 23.2 Å². The minimum absolute atomic E-state index is 0.0175. The molecule has 19 heavy (non-hydrogen) atoms. The average Bonchev–Trinajstić information content (AvgIpc) is 2.36. The van der Waals surface area contributed by atoms with Gasteiger partial charge in [-0.2, -0.15) is 0 Å². The maximum absolute atomic E-state index is 11.9. The van der Waals surface area contributed by atoms with Crippen LogP contribution < -0.4 is 15.4 Å². The molecule has 0 saturated carbocycles. The standard InChI is InChI=1S/C11H18N4O3S/c1-8(2)15-11(16)7-14-19(17,18)9-4-5-10(12-3)13-6-9/h4-6,8,14H,7H2,1-3H3,(H,12,13)(H,15,16). The van der Waals surface area contributed by atoms with Gasteiger partial charge in [-0.3, -0.25) is 4.79 Å². The van der Waals surface area contributed by atoms with Gasteiger partial charge in [0.15, 0.2) is 0 Å². The normalized spacial score (nSPS) is 11.4. The predicted octanol–water partition coefficient (Wildman–Crippen LogP) is -0.0738. The molecular weight excluding hydrogens is 268 g/mol. The average molecular weight is 286 g/mol. The van der Waals surface area contributed by atoms with Gasteiger partial charge < -0.3 is 10.6 Å². The molecule has 0 aromatic carbocycles. The topological polar surface area (TPSA) is 100 Å². The lowest BCUT2D eigenvalue weighted by Gasteiger charge is -2.10. The maximum Gasteiger partial charge on any atom is 0.242 e. The number of anilines is 1. The summed E-state index contributed by atoms with van der Waals surface area (Å²) in [5.74, 6) is 0.190. The number of pyridine rings is 1. The van der Waals surface area contributed by atoms with Gasteiger partial charge in [-0.25, -0.2) is 18.1 Å². The van der Waals surface area contributed by atoms with E-state index < -0.39 is 10.0 Å². The summed E-state index contributed by atoms with van der Waals surface area (Å²) in [6.45, 7) is 3.30. The highest BCUT2D eigenvalue weighted by Gasteiger charge is 2.16. The monoisotopic (exact) mass is 286 g/mol. The molecule has 0 aliphatic heterocycles. The first-order valence-electron chi connectivity index (χ1n) is 5.78. The summed E-state index contributed by atoms with van der Waals surface area (Å²) in [4.78, 5) is 15.3. The van der Waals surface area contributed by atoms with Crippen molar-refractivity contribution in [1.29, 1.82) is 0 Å². The summed E-state index contributed by atoms with van der Waals surface area (Å²) in [7, 11) is -2.03. The molecule has 3 N–H and O–H groups in total. The van der Waals surface area contributed by atoms with Crippen LogP contribution in [0, 0.1) is 0 Å².